The van der Waals surface area contributed by atoms with Gasteiger partial charge in [-0.25, -0.2) is 0 Å². The minimum absolute atomic E-state index is 0.147. The van der Waals surface area contributed by atoms with Crippen molar-refractivity contribution in [1.29, 1.82) is 0 Å². The highest BCUT2D eigenvalue weighted by Crippen LogP contribution is 2.10. The van der Waals surface area contributed by atoms with Gasteiger partial charge in [0.15, 0.2) is 0 Å². The molecule has 2 aromatic carbocycles. The van der Waals surface area contributed by atoms with Gasteiger partial charge in [0.05, 0.1) is 0 Å². The highest BCUT2D eigenvalue weighted by molar-refractivity contribution is 5.69. The van der Waals surface area contributed by atoms with Crippen LogP contribution < -0.4 is 0 Å². The van der Waals surface area contributed by atoms with Crippen molar-refractivity contribution < 1.29 is 19.1 Å². The minimum atomic E-state index is -0.147. The monoisotopic (exact) mass is 434 g/mol. The van der Waals surface area contributed by atoms with Gasteiger partial charge in [0.1, 0.15) is 13.2 Å². The maximum Gasteiger partial charge on any atom is 0.306 e. The second kappa shape index (κ2) is 16.5. The van der Waals surface area contributed by atoms with Crippen molar-refractivity contribution >= 4 is 24.1 Å². The fraction of sp³-hybridized carbons (Fsp3) is 0.357. The summed E-state index contributed by atoms with van der Waals surface area (Å²) in [6.45, 7) is 0.623. The first kappa shape index (κ1) is 25.1. The number of hydrogen-bond acceptors (Lipinski definition) is 4. The first-order valence-electron chi connectivity index (χ1n) is 11.5. The third kappa shape index (κ3) is 12.5. The molecular weight excluding hydrogens is 400 g/mol. The Balaban J connectivity index is 1.37. The molecule has 0 saturated heterocycles. The fourth-order valence-electron chi connectivity index (χ4n) is 3.17. The number of hydrogen-bond donors (Lipinski definition) is 0. The molecule has 0 N–H and O–H groups in total. The molecule has 0 amide bonds. The van der Waals surface area contributed by atoms with Crippen molar-refractivity contribution in [2.45, 2.75) is 51.4 Å². The Bertz CT molecular complexity index is 754. The quantitative estimate of drug-likeness (QED) is 0.233. The largest absolute Gasteiger partial charge is 0.461 e. The second-order valence-corrected chi connectivity index (χ2v) is 7.61. The summed E-state index contributed by atoms with van der Waals surface area (Å²) in [4.78, 5) is 23.5. The zero-order chi connectivity index (χ0) is 22.7. The van der Waals surface area contributed by atoms with Crippen LogP contribution >= 0.6 is 0 Å². The van der Waals surface area contributed by atoms with Crippen LogP contribution in [-0.2, 0) is 19.1 Å². The molecule has 0 radical (unpaired) electrons. The van der Waals surface area contributed by atoms with Gasteiger partial charge in [-0.05, 0) is 36.1 Å². The van der Waals surface area contributed by atoms with Crippen LogP contribution in [-0.4, -0.2) is 25.2 Å². The molecule has 0 aromatic heterocycles. The van der Waals surface area contributed by atoms with E-state index in [1.807, 2.05) is 85.0 Å². The van der Waals surface area contributed by atoms with E-state index in [9.17, 15) is 9.59 Å². The number of rotatable bonds is 15. The Morgan fingerprint density at radius 2 is 0.938 bits per heavy atom. The first-order valence-corrected chi connectivity index (χ1v) is 11.5. The summed E-state index contributed by atoms with van der Waals surface area (Å²) in [6, 6.07) is 19.9. The van der Waals surface area contributed by atoms with Gasteiger partial charge in [-0.3, -0.25) is 9.59 Å². The summed E-state index contributed by atoms with van der Waals surface area (Å²) in [7, 11) is 0. The van der Waals surface area contributed by atoms with E-state index < -0.39 is 0 Å². The highest BCUT2D eigenvalue weighted by Gasteiger charge is 2.03. The maximum absolute atomic E-state index is 11.7. The molecule has 2 rings (SSSR count). The average molecular weight is 435 g/mol. The van der Waals surface area contributed by atoms with E-state index in [0.717, 1.165) is 49.7 Å². The summed E-state index contributed by atoms with van der Waals surface area (Å²) < 4.78 is 10.4. The van der Waals surface area contributed by atoms with Gasteiger partial charge in [0.25, 0.3) is 0 Å². The average Bonchev–Trinajstić information content (AvgIpc) is 2.82. The van der Waals surface area contributed by atoms with Crippen molar-refractivity contribution in [3.05, 3.63) is 83.9 Å². The predicted octanol–water partition coefficient (Wildman–Crippen LogP) is 6.62. The number of carbonyl (C=O) groups excluding carboxylic acids is 2. The van der Waals surface area contributed by atoms with Crippen LogP contribution in [0.2, 0.25) is 0 Å². The first-order chi connectivity index (χ1) is 15.7. The van der Waals surface area contributed by atoms with Crippen LogP contribution in [0.15, 0.2) is 72.8 Å². The van der Waals surface area contributed by atoms with E-state index in [0.29, 0.717) is 26.1 Å². The molecule has 32 heavy (non-hydrogen) atoms. The Kier molecular flexibility index (Phi) is 13.0. The van der Waals surface area contributed by atoms with Gasteiger partial charge < -0.3 is 9.47 Å². The third-order valence-electron chi connectivity index (χ3n) is 4.91. The summed E-state index contributed by atoms with van der Waals surface area (Å²) in [5.41, 5.74) is 2.19. The van der Waals surface area contributed by atoms with Crippen molar-refractivity contribution in [1.82, 2.24) is 0 Å². The van der Waals surface area contributed by atoms with E-state index in [-0.39, 0.29) is 11.9 Å². The lowest BCUT2D eigenvalue weighted by atomic mass is 10.1. The highest BCUT2D eigenvalue weighted by atomic mass is 16.5. The van der Waals surface area contributed by atoms with Gasteiger partial charge >= 0.3 is 11.9 Å². The van der Waals surface area contributed by atoms with E-state index in [2.05, 4.69) is 0 Å². The SMILES string of the molecule is O=C(CCCCCCCCC(=O)OCC=Cc1ccccc1)OCC=Cc1ccccc1. The van der Waals surface area contributed by atoms with Gasteiger partial charge in [-0.1, -0.05) is 98.5 Å². The topological polar surface area (TPSA) is 52.6 Å². The Morgan fingerprint density at radius 3 is 1.34 bits per heavy atom. The van der Waals surface area contributed by atoms with Gasteiger partial charge in [-0.2, -0.15) is 0 Å². The van der Waals surface area contributed by atoms with Crippen LogP contribution in [0.1, 0.15) is 62.5 Å². The fourth-order valence-corrected chi connectivity index (χ4v) is 3.17. The molecule has 0 saturated carbocycles. The van der Waals surface area contributed by atoms with Crippen LogP contribution in [0.25, 0.3) is 12.2 Å². The molecule has 4 heteroatoms. The van der Waals surface area contributed by atoms with Crippen LogP contribution in [0.5, 0.6) is 0 Å². The molecular formula is C28H34O4. The van der Waals surface area contributed by atoms with E-state index in [4.69, 9.17) is 9.47 Å². The van der Waals surface area contributed by atoms with Crippen LogP contribution in [0.3, 0.4) is 0 Å². The minimum Gasteiger partial charge on any atom is -0.461 e. The zero-order valence-electron chi connectivity index (χ0n) is 18.8. The summed E-state index contributed by atoms with van der Waals surface area (Å²) in [6.07, 6.45) is 14.4. The molecule has 0 fully saturated rings. The van der Waals surface area contributed by atoms with Gasteiger partial charge in [0, 0.05) is 12.8 Å². The molecule has 0 aliphatic heterocycles. The van der Waals surface area contributed by atoms with Crippen LogP contribution in [0.4, 0.5) is 0 Å². The van der Waals surface area contributed by atoms with Gasteiger partial charge in [-0.15, -0.1) is 0 Å². The number of carbonyl (C=O) groups is 2. The number of ether oxygens (including phenoxy) is 2. The standard InChI is InChI=1S/C28H34O4/c29-27(31-23-13-19-25-15-7-5-8-16-25)21-11-3-1-2-4-12-22-28(30)32-24-14-20-26-17-9-6-10-18-26/h5-10,13-20H,1-4,11-12,21-24H2. The zero-order valence-corrected chi connectivity index (χ0v) is 18.8. The lowest BCUT2D eigenvalue weighted by molar-refractivity contribution is -0.143. The molecule has 0 aliphatic rings. The number of unbranched alkanes of at least 4 members (excludes halogenated alkanes) is 5. The maximum atomic E-state index is 11.7. The predicted molar refractivity (Wildman–Crippen MR) is 130 cm³/mol. The lowest BCUT2D eigenvalue weighted by Gasteiger charge is -2.04. The molecule has 0 bridgehead atoms. The summed E-state index contributed by atoms with van der Waals surface area (Å²) in [5, 5.41) is 0. The molecule has 0 heterocycles. The molecule has 4 nitrogen and oxygen atoms in total. The normalized spacial score (nSPS) is 11.1. The van der Waals surface area contributed by atoms with Crippen molar-refractivity contribution in [2.24, 2.45) is 0 Å². The van der Waals surface area contributed by atoms with Crippen molar-refractivity contribution in [3.8, 4) is 0 Å². The summed E-state index contributed by atoms with van der Waals surface area (Å²) in [5.74, 6) is -0.293. The number of benzene rings is 2. The Morgan fingerprint density at radius 1 is 0.562 bits per heavy atom. The van der Waals surface area contributed by atoms with E-state index in [1.165, 1.54) is 0 Å². The Labute approximate surface area is 191 Å². The second-order valence-electron chi connectivity index (χ2n) is 7.61. The lowest BCUT2D eigenvalue weighted by Crippen LogP contribution is -2.04. The molecule has 170 valence electrons. The van der Waals surface area contributed by atoms with E-state index >= 15 is 0 Å². The van der Waals surface area contributed by atoms with Crippen molar-refractivity contribution in [2.75, 3.05) is 13.2 Å². The third-order valence-corrected chi connectivity index (χ3v) is 4.91. The molecule has 0 atom stereocenters. The molecule has 0 aliphatic carbocycles. The molecule has 0 unspecified atom stereocenters. The van der Waals surface area contributed by atoms with Crippen LogP contribution in [0, 0.1) is 0 Å². The Hall–Kier alpha value is -3.14. The van der Waals surface area contributed by atoms with E-state index in [1.54, 1.807) is 0 Å². The van der Waals surface area contributed by atoms with Crippen molar-refractivity contribution in [3.63, 3.8) is 0 Å². The number of esters is 2. The molecule has 2 aromatic rings. The van der Waals surface area contributed by atoms with Gasteiger partial charge in [0.2, 0.25) is 0 Å². The summed E-state index contributed by atoms with van der Waals surface area (Å²) >= 11 is 0. The smallest absolute Gasteiger partial charge is 0.306 e. The molecule has 0 spiro atoms.